The van der Waals surface area contributed by atoms with Gasteiger partial charge < -0.3 is 14.7 Å². The van der Waals surface area contributed by atoms with E-state index in [1.54, 1.807) is 13.2 Å². The zero-order chi connectivity index (χ0) is 12.8. The van der Waals surface area contributed by atoms with Gasteiger partial charge in [0.25, 0.3) is 0 Å². The number of hydrogen-bond acceptors (Lipinski definition) is 4. The number of carbonyl (C=O) groups excluding carboxylic acids is 1. The van der Waals surface area contributed by atoms with Crippen LogP contribution in [0.3, 0.4) is 0 Å². The minimum Gasteiger partial charge on any atom is -0.389 e. The van der Waals surface area contributed by atoms with Gasteiger partial charge >= 0.3 is 0 Å². The molecule has 0 aliphatic heterocycles. The first kappa shape index (κ1) is 13.7. The highest BCUT2D eigenvalue weighted by Crippen LogP contribution is 2.17. The molecule has 0 aliphatic carbocycles. The number of methoxy groups -OCH3 is 1. The molecule has 4 nitrogen and oxygen atoms in total. The van der Waals surface area contributed by atoms with Crippen LogP contribution in [0, 0.1) is 6.92 Å². The summed E-state index contributed by atoms with van der Waals surface area (Å²) < 4.78 is 4.88. The van der Waals surface area contributed by atoms with Crippen molar-refractivity contribution in [1.82, 2.24) is 0 Å². The summed E-state index contributed by atoms with van der Waals surface area (Å²) >= 11 is 0. The number of aliphatic hydroxyl groups is 1. The Balaban J connectivity index is 2.72. The number of aryl methyl sites for hydroxylation is 1. The van der Waals surface area contributed by atoms with Crippen LogP contribution in [-0.4, -0.2) is 44.8 Å². The molecule has 1 N–H and O–H groups in total. The molecule has 1 aromatic carbocycles. The smallest absolute Gasteiger partial charge is 0.150 e. The largest absolute Gasteiger partial charge is 0.389 e. The SMILES string of the molecule is COCC(O)CN(C)c1ccc(C=O)c(C)c1. The average Bonchev–Trinajstić information content (AvgIpc) is 2.29. The molecule has 94 valence electrons. The van der Waals surface area contributed by atoms with E-state index in [1.165, 1.54) is 0 Å². The lowest BCUT2D eigenvalue weighted by atomic mass is 10.1. The van der Waals surface area contributed by atoms with Gasteiger partial charge in [-0.15, -0.1) is 0 Å². The standard InChI is InChI=1S/C13H19NO3/c1-10-6-12(5-4-11(10)8-15)14(2)7-13(16)9-17-3/h4-6,8,13,16H,7,9H2,1-3H3. The van der Waals surface area contributed by atoms with Crippen LogP contribution in [0.1, 0.15) is 15.9 Å². The molecular weight excluding hydrogens is 218 g/mol. The molecule has 0 saturated carbocycles. The normalized spacial score (nSPS) is 12.2. The van der Waals surface area contributed by atoms with Gasteiger partial charge in [0.2, 0.25) is 0 Å². The second-order valence-corrected chi connectivity index (χ2v) is 4.15. The molecule has 0 spiro atoms. The number of ether oxygens (including phenoxy) is 1. The van der Waals surface area contributed by atoms with E-state index >= 15 is 0 Å². The van der Waals surface area contributed by atoms with Gasteiger partial charge in [0.05, 0.1) is 12.7 Å². The van der Waals surface area contributed by atoms with E-state index in [0.717, 1.165) is 17.5 Å². The summed E-state index contributed by atoms with van der Waals surface area (Å²) in [5, 5.41) is 9.63. The number of rotatable bonds is 6. The lowest BCUT2D eigenvalue weighted by molar-refractivity contribution is 0.0695. The van der Waals surface area contributed by atoms with Crippen LogP contribution in [-0.2, 0) is 4.74 Å². The van der Waals surface area contributed by atoms with E-state index in [1.807, 2.05) is 31.0 Å². The summed E-state index contributed by atoms with van der Waals surface area (Å²) in [7, 11) is 3.46. The Bertz CT molecular complexity index is 379. The van der Waals surface area contributed by atoms with Gasteiger partial charge in [-0.2, -0.15) is 0 Å². The molecule has 0 aromatic heterocycles. The number of carbonyl (C=O) groups is 1. The number of benzene rings is 1. The Morgan fingerprint density at radius 2 is 2.24 bits per heavy atom. The van der Waals surface area contributed by atoms with E-state index in [0.29, 0.717) is 18.7 Å². The van der Waals surface area contributed by atoms with E-state index < -0.39 is 6.10 Å². The number of nitrogens with zero attached hydrogens (tertiary/aromatic N) is 1. The lowest BCUT2D eigenvalue weighted by Crippen LogP contribution is -2.31. The highest BCUT2D eigenvalue weighted by Gasteiger charge is 2.09. The van der Waals surface area contributed by atoms with Crippen LogP contribution in [0.15, 0.2) is 18.2 Å². The zero-order valence-electron chi connectivity index (χ0n) is 10.5. The first-order valence-corrected chi connectivity index (χ1v) is 5.52. The highest BCUT2D eigenvalue weighted by atomic mass is 16.5. The number of anilines is 1. The van der Waals surface area contributed by atoms with Crippen molar-refractivity contribution in [2.24, 2.45) is 0 Å². The fourth-order valence-corrected chi connectivity index (χ4v) is 1.70. The van der Waals surface area contributed by atoms with E-state index in [-0.39, 0.29) is 0 Å². The van der Waals surface area contributed by atoms with E-state index in [2.05, 4.69) is 0 Å². The van der Waals surface area contributed by atoms with Gasteiger partial charge in [-0.1, -0.05) is 0 Å². The second-order valence-electron chi connectivity index (χ2n) is 4.15. The zero-order valence-corrected chi connectivity index (χ0v) is 10.5. The summed E-state index contributed by atoms with van der Waals surface area (Å²) in [6.45, 7) is 2.70. The van der Waals surface area contributed by atoms with Crippen molar-refractivity contribution in [2.45, 2.75) is 13.0 Å². The van der Waals surface area contributed by atoms with Crippen LogP contribution in [0.25, 0.3) is 0 Å². The Hall–Kier alpha value is -1.39. The molecule has 0 saturated heterocycles. The van der Waals surface area contributed by atoms with Crippen molar-refractivity contribution in [3.8, 4) is 0 Å². The first-order valence-electron chi connectivity index (χ1n) is 5.52. The quantitative estimate of drug-likeness (QED) is 0.757. The maximum absolute atomic E-state index is 10.7. The van der Waals surface area contributed by atoms with Crippen molar-refractivity contribution in [2.75, 3.05) is 32.2 Å². The maximum Gasteiger partial charge on any atom is 0.150 e. The number of aldehydes is 1. The summed E-state index contributed by atoms with van der Waals surface area (Å²) in [6.07, 6.45) is 0.329. The molecular formula is C13H19NO3. The Morgan fingerprint density at radius 1 is 1.53 bits per heavy atom. The molecule has 4 heteroatoms. The fraction of sp³-hybridized carbons (Fsp3) is 0.462. The van der Waals surface area contributed by atoms with Crippen molar-refractivity contribution >= 4 is 12.0 Å². The number of hydrogen-bond donors (Lipinski definition) is 1. The molecule has 17 heavy (non-hydrogen) atoms. The number of likely N-dealkylation sites (N-methyl/N-ethyl adjacent to an activating group) is 1. The third-order valence-corrected chi connectivity index (χ3v) is 2.66. The van der Waals surface area contributed by atoms with Gasteiger partial charge in [-0.05, 0) is 30.7 Å². The fourth-order valence-electron chi connectivity index (χ4n) is 1.70. The van der Waals surface area contributed by atoms with Gasteiger partial charge in [-0.3, -0.25) is 4.79 Å². The molecule has 0 fully saturated rings. The average molecular weight is 237 g/mol. The van der Waals surface area contributed by atoms with Crippen LogP contribution >= 0.6 is 0 Å². The van der Waals surface area contributed by atoms with Crippen LogP contribution in [0.5, 0.6) is 0 Å². The van der Waals surface area contributed by atoms with Crippen LogP contribution in [0.2, 0.25) is 0 Å². The Morgan fingerprint density at radius 3 is 2.76 bits per heavy atom. The van der Waals surface area contributed by atoms with Crippen molar-refractivity contribution in [1.29, 1.82) is 0 Å². The third kappa shape index (κ3) is 3.84. The molecule has 1 atom stereocenters. The van der Waals surface area contributed by atoms with Crippen molar-refractivity contribution in [3.63, 3.8) is 0 Å². The Kier molecular flexibility index (Phi) is 5.12. The molecule has 0 aliphatic rings. The maximum atomic E-state index is 10.7. The van der Waals surface area contributed by atoms with Crippen molar-refractivity contribution in [3.05, 3.63) is 29.3 Å². The van der Waals surface area contributed by atoms with Crippen molar-refractivity contribution < 1.29 is 14.6 Å². The van der Waals surface area contributed by atoms with Crippen LogP contribution < -0.4 is 4.90 Å². The number of aliphatic hydroxyl groups excluding tert-OH is 1. The second kappa shape index (κ2) is 6.37. The van der Waals surface area contributed by atoms with E-state index in [9.17, 15) is 9.90 Å². The molecule has 1 rings (SSSR count). The van der Waals surface area contributed by atoms with Crippen LogP contribution in [0.4, 0.5) is 5.69 Å². The summed E-state index contributed by atoms with van der Waals surface area (Å²) in [4.78, 5) is 12.6. The third-order valence-electron chi connectivity index (χ3n) is 2.66. The van der Waals surface area contributed by atoms with E-state index in [4.69, 9.17) is 4.74 Å². The minimum atomic E-state index is -0.518. The molecule has 0 radical (unpaired) electrons. The summed E-state index contributed by atoms with van der Waals surface area (Å²) in [5.41, 5.74) is 2.61. The first-order chi connectivity index (χ1) is 8.08. The highest BCUT2D eigenvalue weighted by molar-refractivity contribution is 5.78. The van der Waals surface area contributed by atoms with Gasteiger partial charge in [-0.25, -0.2) is 0 Å². The molecule has 0 bridgehead atoms. The predicted octanol–water partition coefficient (Wildman–Crippen LogP) is 1.25. The van der Waals surface area contributed by atoms with Gasteiger partial charge in [0, 0.05) is 32.0 Å². The molecule has 0 amide bonds. The minimum absolute atomic E-state index is 0.315. The molecule has 1 aromatic rings. The summed E-state index contributed by atoms with van der Waals surface area (Å²) in [6, 6.07) is 5.59. The van der Waals surface area contributed by atoms with Gasteiger partial charge in [0.15, 0.2) is 0 Å². The lowest BCUT2D eigenvalue weighted by Gasteiger charge is -2.23. The molecule has 1 unspecified atom stereocenters. The predicted molar refractivity (Wildman–Crippen MR) is 67.7 cm³/mol. The molecule has 0 heterocycles. The summed E-state index contributed by atoms with van der Waals surface area (Å²) in [5.74, 6) is 0. The van der Waals surface area contributed by atoms with Gasteiger partial charge in [0.1, 0.15) is 6.29 Å². The monoisotopic (exact) mass is 237 g/mol. The Labute approximate surface area is 102 Å². The topological polar surface area (TPSA) is 49.8 Å².